The molecule has 0 atom stereocenters. The molecule has 1 aliphatic carbocycles. The molecule has 0 saturated heterocycles. The smallest absolute Gasteiger partial charge is 0.404 e. The van der Waals surface area contributed by atoms with E-state index in [0.717, 1.165) is 37.8 Å². The number of nitrogen functional groups attached to an aromatic ring is 1. The highest BCUT2D eigenvalue weighted by Gasteiger charge is 2.22. The number of carboxylic acid groups (broad SMARTS) is 1. The summed E-state index contributed by atoms with van der Waals surface area (Å²) in [7, 11) is 0. The Morgan fingerprint density at radius 2 is 1.83 bits per heavy atom. The van der Waals surface area contributed by atoms with E-state index in [2.05, 4.69) is 17.4 Å². The van der Waals surface area contributed by atoms with Crippen LogP contribution in [0.2, 0.25) is 0 Å². The van der Waals surface area contributed by atoms with Gasteiger partial charge in [0.15, 0.2) is 0 Å². The van der Waals surface area contributed by atoms with E-state index in [0.29, 0.717) is 5.92 Å². The summed E-state index contributed by atoms with van der Waals surface area (Å²) < 4.78 is 0. The molecule has 0 heterocycles. The summed E-state index contributed by atoms with van der Waals surface area (Å²) in [5.74, 6) is 0.667. The van der Waals surface area contributed by atoms with E-state index in [4.69, 9.17) is 10.8 Å². The summed E-state index contributed by atoms with van der Waals surface area (Å²) in [6.07, 6.45) is 4.25. The van der Waals surface area contributed by atoms with E-state index >= 15 is 0 Å². The second-order valence-electron chi connectivity index (χ2n) is 5.11. The fourth-order valence-electron chi connectivity index (χ4n) is 2.67. The molecule has 4 N–H and O–H groups in total. The van der Waals surface area contributed by atoms with Gasteiger partial charge in [-0.1, -0.05) is 12.1 Å². The highest BCUT2D eigenvalue weighted by molar-refractivity contribution is 5.64. The van der Waals surface area contributed by atoms with E-state index in [1.807, 2.05) is 12.1 Å². The molecule has 1 fully saturated rings. The molecule has 4 heteroatoms. The second-order valence-corrected chi connectivity index (χ2v) is 5.11. The second kappa shape index (κ2) is 5.76. The Morgan fingerprint density at radius 3 is 2.39 bits per heavy atom. The minimum atomic E-state index is -0.906. The third-order valence-electron chi connectivity index (χ3n) is 3.68. The number of rotatable bonds is 3. The fraction of sp³-hybridized carbons (Fsp3) is 0.500. The number of hydrogen-bond donors (Lipinski definition) is 3. The van der Waals surface area contributed by atoms with Crippen LogP contribution >= 0.6 is 0 Å². The molecule has 0 unspecified atom stereocenters. The summed E-state index contributed by atoms with van der Waals surface area (Å²) in [5, 5.41) is 11.2. The van der Waals surface area contributed by atoms with Gasteiger partial charge in [-0.2, -0.15) is 0 Å². The summed E-state index contributed by atoms with van der Waals surface area (Å²) in [4.78, 5) is 10.5. The van der Waals surface area contributed by atoms with Crippen LogP contribution < -0.4 is 11.1 Å². The molecule has 18 heavy (non-hydrogen) atoms. The first-order valence-corrected chi connectivity index (χ1v) is 6.47. The van der Waals surface area contributed by atoms with Crippen LogP contribution in [0.25, 0.3) is 0 Å². The van der Waals surface area contributed by atoms with Crippen LogP contribution in [0.3, 0.4) is 0 Å². The zero-order chi connectivity index (χ0) is 13.0. The molecule has 1 saturated carbocycles. The van der Waals surface area contributed by atoms with E-state index in [9.17, 15) is 4.79 Å². The van der Waals surface area contributed by atoms with Gasteiger partial charge in [0.25, 0.3) is 0 Å². The molecule has 98 valence electrons. The maximum Gasteiger partial charge on any atom is 0.404 e. The molecule has 0 aliphatic heterocycles. The van der Waals surface area contributed by atoms with Crippen molar-refractivity contribution >= 4 is 11.8 Å². The van der Waals surface area contributed by atoms with E-state index in [-0.39, 0.29) is 6.04 Å². The Bertz CT molecular complexity index is 395. The average molecular weight is 248 g/mol. The lowest BCUT2D eigenvalue weighted by Gasteiger charge is -2.28. The van der Waals surface area contributed by atoms with Crippen molar-refractivity contribution in [1.29, 1.82) is 0 Å². The van der Waals surface area contributed by atoms with Gasteiger partial charge in [-0.25, -0.2) is 4.79 Å². The first kappa shape index (κ1) is 12.7. The number of nitrogens with two attached hydrogens (primary N) is 1. The van der Waals surface area contributed by atoms with Crippen LogP contribution in [0.1, 0.15) is 31.2 Å². The number of carbonyl (C=O) groups is 1. The molecular formula is C14H20N2O2. The Balaban J connectivity index is 1.79. The standard InChI is InChI=1S/C14H20N2O2/c15-12-5-1-10(2-6-12)9-11-3-7-13(8-4-11)16-14(17)18/h1-2,5-6,11,13,16H,3-4,7-9,15H2,(H,17,18). The van der Waals surface area contributed by atoms with Crippen molar-refractivity contribution in [3.8, 4) is 0 Å². The zero-order valence-corrected chi connectivity index (χ0v) is 10.4. The molecule has 4 nitrogen and oxygen atoms in total. The Kier molecular flexibility index (Phi) is 4.07. The average Bonchev–Trinajstić information content (AvgIpc) is 2.34. The van der Waals surface area contributed by atoms with Crippen molar-refractivity contribution < 1.29 is 9.90 Å². The maximum absolute atomic E-state index is 10.5. The number of nitrogens with one attached hydrogen (secondary N) is 1. The van der Waals surface area contributed by atoms with Crippen molar-refractivity contribution in [3.05, 3.63) is 29.8 Å². The van der Waals surface area contributed by atoms with Gasteiger partial charge in [-0.3, -0.25) is 0 Å². The van der Waals surface area contributed by atoms with Gasteiger partial charge < -0.3 is 16.2 Å². The van der Waals surface area contributed by atoms with Crippen LogP contribution in [0, 0.1) is 5.92 Å². The van der Waals surface area contributed by atoms with Crippen LogP contribution in [-0.4, -0.2) is 17.2 Å². The Morgan fingerprint density at radius 1 is 1.22 bits per heavy atom. The quantitative estimate of drug-likeness (QED) is 0.720. The number of hydrogen-bond acceptors (Lipinski definition) is 2. The van der Waals surface area contributed by atoms with Crippen LogP contribution in [-0.2, 0) is 6.42 Å². The summed E-state index contributed by atoms with van der Waals surface area (Å²) in [5.41, 5.74) is 7.78. The van der Waals surface area contributed by atoms with Crippen molar-refractivity contribution in [2.24, 2.45) is 5.92 Å². The van der Waals surface area contributed by atoms with Gasteiger partial charge in [0.2, 0.25) is 0 Å². The molecule has 2 rings (SSSR count). The van der Waals surface area contributed by atoms with E-state index in [1.54, 1.807) is 0 Å². The molecule has 0 aromatic heterocycles. The maximum atomic E-state index is 10.5. The van der Waals surface area contributed by atoms with Gasteiger partial charge in [0.05, 0.1) is 0 Å². The van der Waals surface area contributed by atoms with E-state index in [1.165, 1.54) is 5.56 Å². The highest BCUT2D eigenvalue weighted by atomic mass is 16.4. The molecule has 1 aliphatic rings. The largest absolute Gasteiger partial charge is 0.465 e. The van der Waals surface area contributed by atoms with Gasteiger partial charge in [0.1, 0.15) is 0 Å². The van der Waals surface area contributed by atoms with Crippen molar-refractivity contribution in [1.82, 2.24) is 5.32 Å². The van der Waals surface area contributed by atoms with Crippen LogP contribution in [0.15, 0.2) is 24.3 Å². The Hall–Kier alpha value is -1.71. The van der Waals surface area contributed by atoms with Gasteiger partial charge in [-0.15, -0.1) is 0 Å². The molecule has 0 spiro atoms. The van der Waals surface area contributed by atoms with Crippen LogP contribution in [0.5, 0.6) is 0 Å². The third kappa shape index (κ3) is 3.65. The van der Waals surface area contributed by atoms with Gasteiger partial charge in [0, 0.05) is 11.7 Å². The van der Waals surface area contributed by atoms with Crippen LogP contribution in [0.4, 0.5) is 10.5 Å². The first-order chi connectivity index (χ1) is 8.63. The summed E-state index contributed by atoms with van der Waals surface area (Å²) in [6.45, 7) is 0. The normalized spacial score (nSPS) is 23.6. The molecule has 1 aromatic carbocycles. The fourth-order valence-corrected chi connectivity index (χ4v) is 2.67. The zero-order valence-electron chi connectivity index (χ0n) is 10.4. The predicted molar refractivity (Wildman–Crippen MR) is 71.5 cm³/mol. The van der Waals surface area contributed by atoms with Crippen molar-refractivity contribution in [2.75, 3.05) is 5.73 Å². The van der Waals surface area contributed by atoms with Crippen molar-refractivity contribution in [2.45, 2.75) is 38.1 Å². The number of amides is 1. The topological polar surface area (TPSA) is 75.3 Å². The molecule has 0 radical (unpaired) electrons. The summed E-state index contributed by atoms with van der Waals surface area (Å²) in [6, 6.07) is 8.18. The lowest BCUT2D eigenvalue weighted by atomic mass is 9.82. The van der Waals surface area contributed by atoms with E-state index < -0.39 is 6.09 Å². The minimum Gasteiger partial charge on any atom is -0.465 e. The Labute approximate surface area is 107 Å². The molecular weight excluding hydrogens is 228 g/mol. The molecule has 0 bridgehead atoms. The lowest BCUT2D eigenvalue weighted by molar-refractivity contribution is 0.182. The molecule has 1 aromatic rings. The molecule has 1 amide bonds. The monoisotopic (exact) mass is 248 g/mol. The first-order valence-electron chi connectivity index (χ1n) is 6.47. The van der Waals surface area contributed by atoms with Gasteiger partial charge >= 0.3 is 6.09 Å². The van der Waals surface area contributed by atoms with Gasteiger partial charge in [-0.05, 0) is 55.7 Å². The summed E-state index contributed by atoms with van der Waals surface area (Å²) >= 11 is 0. The SMILES string of the molecule is Nc1ccc(CC2CCC(NC(=O)O)CC2)cc1. The van der Waals surface area contributed by atoms with Crippen molar-refractivity contribution in [3.63, 3.8) is 0 Å². The number of benzene rings is 1. The highest BCUT2D eigenvalue weighted by Crippen LogP contribution is 2.27. The lowest BCUT2D eigenvalue weighted by Crippen LogP contribution is -2.36. The third-order valence-corrected chi connectivity index (χ3v) is 3.68. The predicted octanol–water partition coefficient (Wildman–Crippen LogP) is 2.64. The minimum absolute atomic E-state index is 0.144. The number of anilines is 1.